The summed E-state index contributed by atoms with van der Waals surface area (Å²) in [7, 11) is -0.561. The molecule has 0 amide bonds. The minimum atomic E-state index is -3.76. The van der Waals surface area contributed by atoms with E-state index in [1.807, 2.05) is 13.8 Å². The number of halogens is 1. The van der Waals surface area contributed by atoms with Gasteiger partial charge in [0, 0.05) is 27.2 Å². The van der Waals surface area contributed by atoms with Gasteiger partial charge in [0.05, 0.1) is 24.6 Å². The quantitative estimate of drug-likeness (QED) is 0.815. The number of hydrogen-bond acceptors (Lipinski definition) is 5. The fraction of sp³-hybridized carbons (Fsp3) is 0.750. The van der Waals surface area contributed by atoms with E-state index in [2.05, 4.69) is 4.98 Å². The molecule has 0 spiro atoms. The van der Waals surface area contributed by atoms with Gasteiger partial charge in [0.1, 0.15) is 5.15 Å². The van der Waals surface area contributed by atoms with Gasteiger partial charge in [-0.15, -0.1) is 0 Å². The summed E-state index contributed by atoms with van der Waals surface area (Å²) in [6.07, 6.45) is 1.06. The normalized spacial score (nSPS) is 23.4. The van der Waals surface area contributed by atoms with Gasteiger partial charge in [0.2, 0.25) is 5.03 Å². The Hall–Kier alpha value is -0.670. The van der Waals surface area contributed by atoms with Crippen LogP contribution in [0.15, 0.2) is 11.4 Å². The first-order valence-electron chi connectivity index (χ1n) is 6.51. The van der Waals surface area contributed by atoms with Gasteiger partial charge in [-0.25, -0.2) is 13.4 Å². The van der Waals surface area contributed by atoms with E-state index in [0.29, 0.717) is 6.61 Å². The van der Waals surface area contributed by atoms with E-state index in [1.165, 1.54) is 15.2 Å². The summed E-state index contributed by atoms with van der Waals surface area (Å²) in [5, 5.41) is -0.0249. The van der Waals surface area contributed by atoms with Crippen molar-refractivity contribution in [3.05, 3.63) is 11.5 Å². The third-order valence-electron chi connectivity index (χ3n) is 3.22. The van der Waals surface area contributed by atoms with Crippen molar-refractivity contribution in [3.8, 4) is 0 Å². The Balaban J connectivity index is 2.32. The summed E-state index contributed by atoms with van der Waals surface area (Å²) < 4.78 is 39.2. The molecular weight excluding hydrogens is 318 g/mol. The fourth-order valence-corrected chi connectivity index (χ4v) is 4.40. The highest BCUT2D eigenvalue weighted by Gasteiger charge is 2.41. The Labute approximate surface area is 129 Å². The Bertz CT molecular complexity index is 614. The van der Waals surface area contributed by atoms with Gasteiger partial charge < -0.3 is 14.0 Å². The number of methoxy groups -OCH3 is 1. The van der Waals surface area contributed by atoms with Gasteiger partial charge in [-0.3, -0.25) is 0 Å². The second-order valence-electron chi connectivity index (χ2n) is 5.70. The topological polar surface area (TPSA) is 73.7 Å². The van der Waals surface area contributed by atoms with Crippen molar-refractivity contribution in [2.45, 2.75) is 30.6 Å². The molecule has 1 aliphatic heterocycles. The first kappa shape index (κ1) is 16.7. The van der Waals surface area contributed by atoms with Crippen LogP contribution in [-0.4, -0.2) is 60.8 Å². The molecule has 9 heteroatoms. The molecule has 1 fully saturated rings. The van der Waals surface area contributed by atoms with Crippen LogP contribution in [0.5, 0.6) is 0 Å². The Morgan fingerprint density at radius 3 is 2.76 bits per heavy atom. The van der Waals surface area contributed by atoms with Gasteiger partial charge in [-0.2, -0.15) is 4.31 Å². The van der Waals surface area contributed by atoms with Crippen molar-refractivity contribution in [1.29, 1.82) is 0 Å². The first-order valence-corrected chi connectivity index (χ1v) is 8.33. The summed E-state index contributed by atoms with van der Waals surface area (Å²) in [5.74, 6) is 0. The van der Waals surface area contributed by atoms with Crippen LogP contribution in [0.25, 0.3) is 0 Å². The molecule has 21 heavy (non-hydrogen) atoms. The molecule has 1 aromatic rings. The van der Waals surface area contributed by atoms with Crippen molar-refractivity contribution < 1.29 is 17.9 Å². The number of hydrogen-bond donors (Lipinski definition) is 0. The van der Waals surface area contributed by atoms with E-state index in [0.717, 1.165) is 0 Å². The van der Waals surface area contributed by atoms with Crippen molar-refractivity contribution >= 4 is 21.6 Å². The molecular formula is C12H20ClN3O4S. The van der Waals surface area contributed by atoms with E-state index < -0.39 is 15.6 Å². The molecule has 1 atom stereocenters. The first-order chi connectivity index (χ1) is 9.67. The zero-order valence-electron chi connectivity index (χ0n) is 12.5. The van der Waals surface area contributed by atoms with E-state index in [4.69, 9.17) is 21.1 Å². The molecule has 1 aromatic heterocycles. The standard InChI is InChI=1S/C12H20ClN3O4S/c1-12(2)7-16(5-9(20-12)6-19-4)21(17,18)11-10(13)15(3)8-14-11/h8-9H,5-7H2,1-4H3. The van der Waals surface area contributed by atoms with Crippen LogP contribution in [0.1, 0.15) is 13.8 Å². The number of morpholine rings is 1. The number of imidazole rings is 1. The molecule has 0 bridgehead atoms. The van der Waals surface area contributed by atoms with Crippen molar-refractivity contribution in [2.75, 3.05) is 26.8 Å². The van der Waals surface area contributed by atoms with Gasteiger partial charge in [0.15, 0.2) is 0 Å². The monoisotopic (exact) mass is 337 g/mol. The highest BCUT2D eigenvalue weighted by molar-refractivity contribution is 7.89. The number of ether oxygens (including phenoxy) is 2. The number of aryl methyl sites for hydroxylation is 1. The predicted molar refractivity (Wildman–Crippen MR) is 77.8 cm³/mol. The van der Waals surface area contributed by atoms with E-state index in [1.54, 1.807) is 14.2 Å². The lowest BCUT2D eigenvalue weighted by molar-refractivity contribution is -0.135. The smallest absolute Gasteiger partial charge is 0.263 e. The molecule has 1 saturated heterocycles. The van der Waals surface area contributed by atoms with Gasteiger partial charge in [-0.05, 0) is 13.8 Å². The molecule has 0 N–H and O–H groups in total. The molecule has 0 aromatic carbocycles. The predicted octanol–water partition coefficient (Wildman–Crippen LogP) is 0.888. The summed E-state index contributed by atoms with van der Waals surface area (Å²) in [5.41, 5.74) is -0.601. The Kier molecular flexibility index (Phi) is 4.65. The van der Waals surface area contributed by atoms with Crippen LogP contribution in [0.4, 0.5) is 0 Å². The van der Waals surface area contributed by atoms with Crippen LogP contribution in [0.2, 0.25) is 5.15 Å². The van der Waals surface area contributed by atoms with Crippen LogP contribution in [0.3, 0.4) is 0 Å². The molecule has 2 rings (SSSR count). The fourth-order valence-electron chi connectivity index (χ4n) is 2.39. The van der Waals surface area contributed by atoms with Gasteiger partial charge in [-0.1, -0.05) is 11.6 Å². The number of rotatable bonds is 4. The highest BCUT2D eigenvalue weighted by Crippen LogP contribution is 2.28. The third kappa shape index (κ3) is 3.40. The molecule has 7 nitrogen and oxygen atoms in total. The molecule has 0 radical (unpaired) electrons. The van der Waals surface area contributed by atoms with Crippen LogP contribution < -0.4 is 0 Å². The Morgan fingerprint density at radius 2 is 2.24 bits per heavy atom. The molecule has 1 unspecified atom stereocenters. The number of sulfonamides is 1. The lowest BCUT2D eigenvalue weighted by Gasteiger charge is -2.41. The molecule has 2 heterocycles. The number of aromatic nitrogens is 2. The lowest BCUT2D eigenvalue weighted by Crippen LogP contribution is -2.55. The molecule has 1 aliphatic rings. The second-order valence-corrected chi connectivity index (χ2v) is 7.92. The minimum absolute atomic E-state index is 0.0996. The Morgan fingerprint density at radius 1 is 1.57 bits per heavy atom. The second kappa shape index (κ2) is 5.85. The summed E-state index contributed by atoms with van der Waals surface area (Å²) in [4.78, 5) is 3.91. The zero-order chi connectivity index (χ0) is 15.8. The van der Waals surface area contributed by atoms with Crippen LogP contribution >= 0.6 is 11.6 Å². The minimum Gasteiger partial charge on any atom is -0.382 e. The van der Waals surface area contributed by atoms with Crippen molar-refractivity contribution in [1.82, 2.24) is 13.9 Å². The summed E-state index contributed by atoms with van der Waals surface area (Å²) >= 11 is 6.02. The zero-order valence-corrected chi connectivity index (χ0v) is 14.1. The maximum atomic E-state index is 12.7. The average molecular weight is 338 g/mol. The van der Waals surface area contributed by atoms with Crippen molar-refractivity contribution in [2.24, 2.45) is 7.05 Å². The van der Waals surface area contributed by atoms with E-state index >= 15 is 0 Å². The van der Waals surface area contributed by atoms with Gasteiger partial charge in [0.25, 0.3) is 10.0 Å². The van der Waals surface area contributed by atoms with E-state index in [-0.39, 0.29) is 29.4 Å². The van der Waals surface area contributed by atoms with Crippen LogP contribution in [0, 0.1) is 0 Å². The summed E-state index contributed by atoms with van der Waals surface area (Å²) in [6.45, 7) is 4.47. The average Bonchev–Trinajstić information content (AvgIpc) is 2.69. The van der Waals surface area contributed by atoms with Crippen molar-refractivity contribution in [3.63, 3.8) is 0 Å². The van der Waals surface area contributed by atoms with Crippen LogP contribution in [-0.2, 0) is 26.5 Å². The molecule has 0 aliphatic carbocycles. The third-order valence-corrected chi connectivity index (χ3v) is 5.52. The van der Waals surface area contributed by atoms with Gasteiger partial charge >= 0.3 is 0 Å². The molecule has 120 valence electrons. The maximum Gasteiger partial charge on any atom is 0.263 e. The lowest BCUT2D eigenvalue weighted by atomic mass is 10.1. The summed E-state index contributed by atoms with van der Waals surface area (Å²) in [6, 6.07) is 0. The molecule has 0 saturated carbocycles. The largest absolute Gasteiger partial charge is 0.382 e. The van der Waals surface area contributed by atoms with E-state index in [9.17, 15) is 8.42 Å². The SMILES string of the molecule is COCC1CN(S(=O)(=O)c2ncn(C)c2Cl)CC(C)(C)O1. The number of nitrogens with zero attached hydrogens (tertiary/aromatic N) is 3. The maximum absolute atomic E-state index is 12.7. The highest BCUT2D eigenvalue weighted by atomic mass is 35.5.